The van der Waals surface area contributed by atoms with Crippen molar-refractivity contribution >= 4 is 5.91 Å². The minimum atomic E-state index is -0.0995. The monoisotopic (exact) mass is 281 g/mol. The first-order chi connectivity index (χ1) is 9.31. The van der Waals surface area contributed by atoms with Crippen LogP contribution in [0.3, 0.4) is 0 Å². The van der Waals surface area contributed by atoms with Crippen LogP contribution < -0.4 is 5.32 Å². The van der Waals surface area contributed by atoms with Gasteiger partial charge in [-0.25, -0.2) is 0 Å². The molecule has 0 saturated carbocycles. The molecule has 1 heterocycles. The van der Waals surface area contributed by atoms with Crippen LogP contribution in [0.25, 0.3) is 0 Å². The molecule has 1 rings (SSSR count). The zero-order valence-electron chi connectivity index (χ0n) is 13.5. The number of amides is 1. The molecule has 1 N–H and O–H groups in total. The van der Waals surface area contributed by atoms with Crippen molar-refractivity contribution < 1.29 is 14.3 Å². The molecule has 1 amide bonds. The maximum absolute atomic E-state index is 11.8. The molecule has 0 aromatic carbocycles. The first-order valence-corrected chi connectivity index (χ1v) is 7.18. The van der Waals surface area contributed by atoms with Crippen molar-refractivity contribution in [2.45, 2.75) is 41.0 Å². The van der Waals surface area contributed by atoms with Crippen LogP contribution in [0.15, 0.2) is 23.1 Å². The summed E-state index contributed by atoms with van der Waals surface area (Å²) in [7, 11) is 1.71. The van der Waals surface area contributed by atoms with Crippen LogP contribution in [-0.4, -0.2) is 26.2 Å². The van der Waals surface area contributed by atoms with Crippen LogP contribution in [0.2, 0.25) is 0 Å². The van der Waals surface area contributed by atoms with Gasteiger partial charge in [-0.05, 0) is 17.6 Å². The second-order valence-corrected chi connectivity index (χ2v) is 6.13. The maximum Gasteiger partial charge on any atom is 0.229 e. The molecule has 20 heavy (non-hydrogen) atoms. The van der Waals surface area contributed by atoms with Crippen LogP contribution in [-0.2, 0) is 14.3 Å². The van der Waals surface area contributed by atoms with Crippen LogP contribution >= 0.6 is 0 Å². The predicted octanol–water partition coefficient (Wildman–Crippen LogP) is 3.01. The molecule has 0 aromatic heterocycles. The Morgan fingerprint density at radius 1 is 1.50 bits per heavy atom. The lowest BCUT2D eigenvalue weighted by Gasteiger charge is -2.31. The molecule has 0 unspecified atom stereocenters. The number of hydrogen-bond donors (Lipinski definition) is 1. The van der Waals surface area contributed by atoms with Gasteiger partial charge in [0, 0.05) is 24.5 Å². The normalized spacial score (nSPS) is 16.1. The average molecular weight is 281 g/mol. The van der Waals surface area contributed by atoms with Gasteiger partial charge in [-0.15, -0.1) is 0 Å². The Kier molecular flexibility index (Phi) is 5.81. The molecule has 4 nitrogen and oxygen atoms in total. The molecule has 4 heteroatoms. The lowest BCUT2D eigenvalue weighted by Crippen LogP contribution is -2.32. The highest BCUT2D eigenvalue weighted by Gasteiger charge is 2.28. The van der Waals surface area contributed by atoms with Gasteiger partial charge in [0.25, 0.3) is 0 Å². The van der Waals surface area contributed by atoms with E-state index in [0.717, 1.165) is 6.42 Å². The summed E-state index contributed by atoms with van der Waals surface area (Å²) in [4.78, 5) is 11.8. The van der Waals surface area contributed by atoms with Gasteiger partial charge in [0.15, 0.2) is 5.88 Å². The van der Waals surface area contributed by atoms with Gasteiger partial charge < -0.3 is 9.47 Å². The van der Waals surface area contributed by atoms with E-state index in [4.69, 9.17) is 9.47 Å². The van der Waals surface area contributed by atoms with Crippen LogP contribution in [0.1, 0.15) is 41.0 Å². The quantitative estimate of drug-likeness (QED) is 0.814. The van der Waals surface area contributed by atoms with Gasteiger partial charge in [0.05, 0.1) is 6.61 Å². The van der Waals surface area contributed by atoms with Crippen LogP contribution in [0, 0.1) is 11.3 Å². The number of hydrogen-bond acceptors (Lipinski definition) is 3. The summed E-state index contributed by atoms with van der Waals surface area (Å²) in [6.07, 6.45) is 2.88. The molecule has 0 fully saturated rings. The van der Waals surface area contributed by atoms with Gasteiger partial charge in [-0.2, -0.15) is 0 Å². The topological polar surface area (TPSA) is 47.6 Å². The van der Waals surface area contributed by atoms with Gasteiger partial charge in [-0.3, -0.25) is 10.1 Å². The molecule has 0 aromatic rings. The van der Waals surface area contributed by atoms with Crippen molar-refractivity contribution in [2.75, 3.05) is 20.3 Å². The van der Waals surface area contributed by atoms with Crippen molar-refractivity contribution in [3.8, 4) is 0 Å². The second kappa shape index (κ2) is 6.93. The molecule has 1 aliphatic rings. The zero-order chi connectivity index (χ0) is 15.3. The lowest BCUT2D eigenvalue weighted by atomic mass is 9.80. The highest BCUT2D eigenvalue weighted by molar-refractivity contribution is 5.79. The Bertz CT molecular complexity index is 419. The van der Waals surface area contributed by atoms with Gasteiger partial charge >= 0.3 is 0 Å². The summed E-state index contributed by atoms with van der Waals surface area (Å²) in [5.74, 6) is 0.451. The van der Waals surface area contributed by atoms with Crippen molar-refractivity contribution in [1.29, 1.82) is 0 Å². The van der Waals surface area contributed by atoms with Crippen molar-refractivity contribution in [2.24, 2.45) is 11.3 Å². The van der Waals surface area contributed by atoms with Crippen molar-refractivity contribution in [3.63, 3.8) is 0 Å². The summed E-state index contributed by atoms with van der Waals surface area (Å²) >= 11 is 0. The molecule has 0 spiro atoms. The molecular formula is C16H27NO3. The Morgan fingerprint density at radius 2 is 2.15 bits per heavy atom. The number of rotatable bonds is 6. The van der Waals surface area contributed by atoms with E-state index in [2.05, 4.69) is 26.1 Å². The van der Waals surface area contributed by atoms with E-state index < -0.39 is 0 Å². The number of nitrogens with one attached hydrogen (secondary N) is 1. The Balaban J connectivity index is 3.00. The fourth-order valence-electron chi connectivity index (χ4n) is 2.26. The van der Waals surface area contributed by atoms with Crippen molar-refractivity contribution in [3.05, 3.63) is 23.1 Å². The number of carbonyl (C=O) groups is 1. The van der Waals surface area contributed by atoms with E-state index in [1.165, 1.54) is 11.1 Å². The summed E-state index contributed by atoms with van der Waals surface area (Å²) in [5, 5.41) is 2.83. The number of methoxy groups -OCH3 is 1. The third-order valence-corrected chi connectivity index (χ3v) is 3.49. The third kappa shape index (κ3) is 4.10. The summed E-state index contributed by atoms with van der Waals surface area (Å²) in [6, 6.07) is 0. The molecule has 0 radical (unpaired) electrons. The Labute approximate surface area is 122 Å². The highest BCUT2D eigenvalue weighted by atomic mass is 16.5. The molecule has 0 aliphatic carbocycles. The molecule has 0 bridgehead atoms. The van der Waals surface area contributed by atoms with E-state index in [1.54, 1.807) is 7.11 Å². The van der Waals surface area contributed by atoms with Crippen molar-refractivity contribution in [1.82, 2.24) is 5.32 Å². The molecule has 0 saturated heterocycles. The molecular weight excluding hydrogens is 254 g/mol. The van der Waals surface area contributed by atoms with Gasteiger partial charge in [0.1, 0.15) is 6.61 Å². The summed E-state index contributed by atoms with van der Waals surface area (Å²) in [5.41, 5.74) is 2.36. The second-order valence-electron chi connectivity index (χ2n) is 6.13. The molecule has 1 aliphatic heterocycles. The zero-order valence-corrected chi connectivity index (χ0v) is 13.5. The first-order valence-electron chi connectivity index (χ1n) is 7.18. The number of carbonyl (C=O) groups excluding carboxylic acids is 1. The fraction of sp³-hybridized carbons (Fsp3) is 0.688. The first kappa shape index (κ1) is 16.8. The lowest BCUT2D eigenvalue weighted by molar-refractivity contribution is -0.124. The maximum atomic E-state index is 11.8. The van der Waals surface area contributed by atoms with E-state index in [0.29, 0.717) is 19.1 Å². The van der Waals surface area contributed by atoms with E-state index in [1.807, 2.05) is 19.9 Å². The Morgan fingerprint density at radius 3 is 2.65 bits per heavy atom. The summed E-state index contributed by atoms with van der Waals surface area (Å²) < 4.78 is 11.0. The van der Waals surface area contributed by atoms with Gasteiger partial charge in [0.2, 0.25) is 5.91 Å². The van der Waals surface area contributed by atoms with E-state index in [9.17, 15) is 4.79 Å². The smallest absolute Gasteiger partial charge is 0.229 e. The number of ether oxygens (including phenoxy) is 2. The van der Waals surface area contributed by atoms with Crippen LogP contribution in [0.5, 0.6) is 0 Å². The van der Waals surface area contributed by atoms with E-state index in [-0.39, 0.29) is 17.2 Å². The largest absolute Gasteiger partial charge is 0.474 e. The SMILES string of the molecule is CCC1=C(C(C)(C)COC)C=C(NC(=O)C(C)C)OC1. The summed E-state index contributed by atoms with van der Waals surface area (Å²) in [6.45, 7) is 11.3. The standard InChI is InChI=1S/C16H27NO3/c1-7-12-9-20-14(17-15(18)11(2)3)8-13(12)16(4,5)10-19-6/h8,11H,7,9-10H2,1-6H3,(H,17,18). The number of allylic oxidation sites excluding steroid dienone is 1. The molecule has 0 atom stereocenters. The minimum Gasteiger partial charge on any atom is -0.474 e. The van der Waals surface area contributed by atoms with Gasteiger partial charge in [-0.1, -0.05) is 34.6 Å². The average Bonchev–Trinajstić information content (AvgIpc) is 2.38. The Hall–Kier alpha value is -1.29. The highest BCUT2D eigenvalue weighted by Crippen LogP contribution is 2.34. The predicted molar refractivity (Wildman–Crippen MR) is 80.0 cm³/mol. The van der Waals surface area contributed by atoms with Crippen LogP contribution in [0.4, 0.5) is 0 Å². The van der Waals surface area contributed by atoms with E-state index >= 15 is 0 Å². The third-order valence-electron chi connectivity index (χ3n) is 3.49. The molecule has 114 valence electrons. The fourth-order valence-corrected chi connectivity index (χ4v) is 2.26. The minimum absolute atomic E-state index is 0.0277.